The van der Waals surface area contributed by atoms with Gasteiger partial charge in [0.15, 0.2) is 6.10 Å². The molecule has 0 saturated heterocycles. The minimum Gasteiger partial charge on any atom is -0.378 e. The van der Waals surface area contributed by atoms with Crippen LogP contribution in [0, 0.1) is 13.8 Å². The molecule has 1 atom stereocenters. The molecule has 2 aromatic rings. The van der Waals surface area contributed by atoms with Crippen LogP contribution < -0.4 is 5.32 Å². The van der Waals surface area contributed by atoms with E-state index in [1.807, 2.05) is 6.07 Å². The number of aryl methyl sites for hydroxylation is 2. The SMILES string of the molecule is Cc1cc(C)cc(CCNC(=O)C(O)c2ccccc2)c1. The van der Waals surface area contributed by atoms with Gasteiger partial charge < -0.3 is 10.4 Å². The Hall–Kier alpha value is -2.13. The van der Waals surface area contributed by atoms with Crippen LogP contribution in [0.1, 0.15) is 28.4 Å². The molecule has 0 aliphatic heterocycles. The molecule has 0 fully saturated rings. The molecular formula is C18H21NO2. The molecule has 3 heteroatoms. The van der Waals surface area contributed by atoms with Crippen LogP contribution >= 0.6 is 0 Å². The maximum Gasteiger partial charge on any atom is 0.253 e. The molecule has 0 aromatic heterocycles. The van der Waals surface area contributed by atoms with Gasteiger partial charge in [-0.1, -0.05) is 59.7 Å². The molecule has 0 saturated carbocycles. The topological polar surface area (TPSA) is 49.3 Å². The molecule has 0 heterocycles. The number of hydrogen-bond donors (Lipinski definition) is 2. The van der Waals surface area contributed by atoms with E-state index < -0.39 is 6.10 Å². The number of nitrogens with one attached hydrogen (secondary N) is 1. The normalized spacial score (nSPS) is 12.0. The highest BCUT2D eigenvalue weighted by atomic mass is 16.3. The molecule has 0 bridgehead atoms. The summed E-state index contributed by atoms with van der Waals surface area (Å²) in [7, 11) is 0. The first-order chi connectivity index (χ1) is 10.1. The molecule has 2 rings (SSSR count). The van der Waals surface area contributed by atoms with Gasteiger partial charge >= 0.3 is 0 Å². The molecule has 1 amide bonds. The minimum absolute atomic E-state index is 0.356. The Morgan fingerprint density at radius 2 is 1.71 bits per heavy atom. The van der Waals surface area contributed by atoms with E-state index in [0.717, 1.165) is 6.42 Å². The number of hydrogen-bond acceptors (Lipinski definition) is 2. The Morgan fingerprint density at radius 3 is 2.33 bits per heavy atom. The lowest BCUT2D eigenvalue weighted by atomic mass is 10.0. The quantitative estimate of drug-likeness (QED) is 0.886. The summed E-state index contributed by atoms with van der Waals surface area (Å²) in [6, 6.07) is 15.3. The zero-order valence-corrected chi connectivity index (χ0v) is 12.5. The number of aliphatic hydroxyl groups is 1. The van der Waals surface area contributed by atoms with Crippen molar-refractivity contribution >= 4 is 5.91 Å². The first-order valence-corrected chi connectivity index (χ1v) is 7.14. The van der Waals surface area contributed by atoms with Crippen molar-refractivity contribution in [2.24, 2.45) is 0 Å². The molecule has 0 radical (unpaired) electrons. The maximum absolute atomic E-state index is 11.9. The highest BCUT2D eigenvalue weighted by Crippen LogP contribution is 2.12. The lowest BCUT2D eigenvalue weighted by Crippen LogP contribution is -2.30. The van der Waals surface area contributed by atoms with Crippen LogP contribution in [0.3, 0.4) is 0 Å². The summed E-state index contributed by atoms with van der Waals surface area (Å²) in [5, 5.41) is 12.7. The van der Waals surface area contributed by atoms with Crippen molar-refractivity contribution in [3.8, 4) is 0 Å². The smallest absolute Gasteiger partial charge is 0.253 e. The molecule has 0 aliphatic rings. The predicted molar refractivity (Wildman–Crippen MR) is 84.0 cm³/mol. The number of rotatable bonds is 5. The molecule has 2 aromatic carbocycles. The average molecular weight is 283 g/mol. The number of benzene rings is 2. The molecule has 2 N–H and O–H groups in total. The Bertz CT molecular complexity index is 588. The highest BCUT2D eigenvalue weighted by molar-refractivity contribution is 5.81. The Balaban J connectivity index is 1.87. The van der Waals surface area contributed by atoms with E-state index in [-0.39, 0.29) is 5.91 Å². The number of aliphatic hydroxyl groups excluding tert-OH is 1. The zero-order chi connectivity index (χ0) is 15.2. The Morgan fingerprint density at radius 1 is 1.10 bits per heavy atom. The second-order valence-electron chi connectivity index (χ2n) is 5.35. The van der Waals surface area contributed by atoms with Crippen molar-refractivity contribution in [2.45, 2.75) is 26.4 Å². The molecule has 21 heavy (non-hydrogen) atoms. The fourth-order valence-corrected chi connectivity index (χ4v) is 2.43. The minimum atomic E-state index is -1.11. The third-order valence-electron chi connectivity index (χ3n) is 3.36. The van der Waals surface area contributed by atoms with E-state index in [9.17, 15) is 9.90 Å². The second kappa shape index (κ2) is 7.04. The van der Waals surface area contributed by atoms with Gasteiger partial charge in [0.25, 0.3) is 5.91 Å². The Kier molecular flexibility index (Phi) is 5.12. The highest BCUT2D eigenvalue weighted by Gasteiger charge is 2.15. The van der Waals surface area contributed by atoms with Gasteiger partial charge in [0.2, 0.25) is 0 Å². The van der Waals surface area contributed by atoms with Crippen LogP contribution in [0.25, 0.3) is 0 Å². The summed E-state index contributed by atoms with van der Waals surface area (Å²) in [5.74, 6) is -0.356. The van der Waals surface area contributed by atoms with Crippen LogP contribution in [0.4, 0.5) is 0 Å². The molecule has 0 spiro atoms. The van der Waals surface area contributed by atoms with E-state index in [1.54, 1.807) is 24.3 Å². The van der Waals surface area contributed by atoms with Crippen LogP contribution in [-0.2, 0) is 11.2 Å². The summed E-state index contributed by atoms with van der Waals surface area (Å²) in [5.41, 5.74) is 4.25. The summed E-state index contributed by atoms with van der Waals surface area (Å²) in [6.07, 6.45) is -0.346. The number of amides is 1. The first-order valence-electron chi connectivity index (χ1n) is 7.14. The van der Waals surface area contributed by atoms with E-state index in [0.29, 0.717) is 12.1 Å². The van der Waals surface area contributed by atoms with Crippen molar-refractivity contribution < 1.29 is 9.90 Å². The summed E-state index contributed by atoms with van der Waals surface area (Å²) >= 11 is 0. The Labute approximate surface area is 125 Å². The third kappa shape index (κ3) is 4.43. The standard InChI is InChI=1S/C18H21NO2/c1-13-10-14(2)12-15(11-13)8-9-19-18(21)17(20)16-6-4-3-5-7-16/h3-7,10-12,17,20H,8-9H2,1-2H3,(H,19,21). The summed E-state index contributed by atoms with van der Waals surface area (Å²) in [6.45, 7) is 4.65. The molecule has 1 unspecified atom stereocenters. The number of carbonyl (C=O) groups is 1. The van der Waals surface area contributed by atoms with Gasteiger partial charge in [-0.15, -0.1) is 0 Å². The lowest BCUT2D eigenvalue weighted by Gasteiger charge is -2.12. The molecule has 3 nitrogen and oxygen atoms in total. The van der Waals surface area contributed by atoms with E-state index in [4.69, 9.17) is 0 Å². The van der Waals surface area contributed by atoms with Crippen LogP contribution in [0.2, 0.25) is 0 Å². The fourth-order valence-electron chi connectivity index (χ4n) is 2.43. The molecular weight excluding hydrogens is 262 g/mol. The fraction of sp³-hybridized carbons (Fsp3) is 0.278. The van der Waals surface area contributed by atoms with Gasteiger partial charge in [-0.2, -0.15) is 0 Å². The van der Waals surface area contributed by atoms with Crippen molar-refractivity contribution in [3.05, 3.63) is 70.8 Å². The van der Waals surface area contributed by atoms with E-state index >= 15 is 0 Å². The van der Waals surface area contributed by atoms with Gasteiger partial charge in [0.05, 0.1) is 0 Å². The monoisotopic (exact) mass is 283 g/mol. The lowest BCUT2D eigenvalue weighted by molar-refractivity contribution is -0.129. The van der Waals surface area contributed by atoms with Crippen molar-refractivity contribution in [3.63, 3.8) is 0 Å². The van der Waals surface area contributed by atoms with Gasteiger partial charge in [0, 0.05) is 6.54 Å². The largest absolute Gasteiger partial charge is 0.378 e. The summed E-state index contributed by atoms with van der Waals surface area (Å²) < 4.78 is 0. The van der Waals surface area contributed by atoms with Crippen molar-refractivity contribution in [1.82, 2.24) is 5.32 Å². The van der Waals surface area contributed by atoms with Crippen LogP contribution in [0.5, 0.6) is 0 Å². The van der Waals surface area contributed by atoms with Gasteiger partial charge in [0.1, 0.15) is 0 Å². The molecule has 110 valence electrons. The number of carbonyl (C=O) groups excluding carboxylic acids is 1. The maximum atomic E-state index is 11.9. The van der Waals surface area contributed by atoms with Crippen LogP contribution in [-0.4, -0.2) is 17.6 Å². The van der Waals surface area contributed by atoms with Gasteiger partial charge in [-0.05, 0) is 31.4 Å². The van der Waals surface area contributed by atoms with Crippen molar-refractivity contribution in [1.29, 1.82) is 0 Å². The van der Waals surface area contributed by atoms with E-state index in [2.05, 4.69) is 37.4 Å². The van der Waals surface area contributed by atoms with Crippen LogP contribution in [0.15, 0.2) is 48.5 Å². The third-order valence-corrected chi connectivity index (χ3v) is 3.36. The van der Waals surface area contributed by atoms with E-state index in [1.165, 1.54) is 16.7 Å². The average Bonchev–Trinajstić information content (AvgIpc) is 2.46. The zero-order valence-electron chi connectivity index (χ0n) is 12.5. The van der Waals surface area contributed by atoms with Gasteiger partial charge in [-0.25, -0.2) is 0 Å². The predicted octanol–water partition coefficient (Wildman–Crippen LogP) is 2.70. The van der Waals surface area contributed by atoms with Crippen molar-refractivity contribution in [2.75, 3.05) is 6.54 Å². The second-order valence-corrected chi connectivity index (χ2v) is 5.35. The molecule has 0 aliphatic carbocycles. The first kappa shape index (κ1) is 15.3. The van der Waals surface area contributed by atoms with Gasteiger partial charge in [-0.3, -0.25) is 4.79 Å². The summed E-state index contributed by atoms with van der Waals surface area (Å²) in [4.78, 5) is 11.9.